The summed E-state index contributed by atoms with van der Waals surface area (Å²) >= 11 is 0. The fraction of sp³-hybridized carbons (Fsp3) is 0.720. The maximum atomic E-state index is 4.45. The van der Waals surface area contributed by atoms with E-state index in [0.717, 1.165) is 25.6 Å². The minimum absolute atomic E-state index is 0.495. The monoisotopic (exact) mass is 413 g/mol. The van der Waals surface area contributed by atoms with Crippen LogP contribution in [-0.2, 0) is 0 Å². The fourth-order valence-corrected chi connectivity index (χ4v) is 4.79. The quantitative estimate of drug-likeness (QED) is 0.364. The number of benzene rings is 1. The van der Waals surface area contributed by atoms with Gasteiger partial charge in [-0.25, -0.2) is 0 Å². The third kappa shape index (κ3) is 7.59. The van der Waals surface area contributed by atoms with E-state index in [2.05, 4.69) is 62.7 Å². The predicted octanol–water partition coefficient (Wildman–Crippen LogP) is 4.03. The molecule has 2 aliphatic rings. The number of unbranched alkanes of at least 4 members (excludes halogenated alkanes) is 2. The number of nitrogens with one attached hydrogen (secondary N) is 2. The molecule has 3 rings (SSSR count). The molecule has 2 aliphatic heterocycles. The molecule has 0 saturated carbocycles. The van der Waals surface area contributed by atoms with Crippen LogP contribution in [0.2, 0.25) is 0 Å². The van der Waals surface area contributed by atoms with E-state index in [4.69, 9.17) is 0 Å². The van der Waals surface area contributed by atoms with Crippen molar-refractivity contribution in [3.05, 3.63) is 35.9 Å². The summed E-state index contributed by atoms with van der Waals surface area (Å²) in [5.41, 5.74) is 1.42. The lowest BCUT2D eigenvalue weighted by Gasteiger charge is -2.37. The number of aliphatic imine (C=N–C) groups is 1. The van der Waals surface area contributed by atoms with Crippen molar-refractivity contribution in [3.8, 4) is 0 Å². The number of rotatable bonds is 9. The highest BCUT2D eigenvalue weighted by Gasteiger charge is 2.23. The molecular formula is C25H43N5. The van der Waals surface area contributed by atoms with Gasteiger partial charge in [-0.05, 0) is 70.6 Å². The second kappa shape index (κ2) is 13.0. The summed E-state index contributed by atoms with van der Waals surface area (Å²) in [6, 6.07) is 11.9. The van der Waals surface area contributed by atoms with Crippen LogP contribution in [0.3, 0.4) is 0 Å². The van der Waals surface area contributed by atoms with Crippen molar-refractivity contribution in [2.45, 2.75) is 70.4 Å². The van der Waals surface area contributed by atoms with E-state index in [-0.39, 0.29) is 0 Å². The molecule has 1 aromatic carbocycles. The van der Waals surface area contributed by atoms with E-state index in [1.807, 2.05) is 7.05 Å². The highest BCUT2D eigenvalue weighted by molar-refractivity contribution is 5.79. The van der Waals surface area contributed by atoms with Gasteiger partial charge >= 0.3 is 0 Å². The Bertz CT molecular complexity index is 603. The van der Waals surface area contributed by atoms with E-state index in [9.17, 15) is 0 Å². The van der Waals surface area contributed by atoms with Gasteiger partial charge in [0.2, 0.25) is 0 Å². The van der Waals surface area contributed by atoms with E-state index in [1.165, 1.54) is 76.6 Å². The van der Waals surface area contributed by atoms with Gasteiger partial charge in [-0.2, -0.15) is 0 Å². The van der Waals surface area contributed by atoms with Crippen molar-refractivity contribution in [1.82, 2.24) is 20.4 Å². The fourth-order valence-electron chi connectivity index (χ4n) is 4.79. The second-order valence-corrected chi connectivity index (χ2v) is 9.00. The van der Waals surface area contributed by atoms with Crippen LogP contribution < -0.4 is 10.6 Å². The van der Waals surface area contributed by atoms with Gasteiger partial charge in [0, 0.05) is 38.8 Å². The first kappa shape index (κ1) is 23.1. The molecule has 30 heavy (non-hydrogen) atoms. The smallest absolute Gasteiger partial charge is 0.191 e. The van der Waals surface area contributed by atoms with Crippen LogP contribution >= 0.6 is 0 Å². The Balaban J connectivity index is 1.27. The highest BCUT2D eigenvalue weighted by Crippen LogP contribution is 2.23. The molecule has 0 spiro atoms. The third-order valence-electron chi connectivity index (χ3n) is 6.82. The van der Waals surface area contributed by atoms with Crippen LogP contribution in [-0.4, -0.2) is 68.1 Å². The van der Waals surface area contributed by atoms with Crippen LogP contribution in [0.15, 0.2) is 35.3 Å². The van der Waals surface area contributed by atoms with Crippen LogP contribution in [0.25, 0.3) is 0 Å². The van der Waals surface area contributed by atoms with Gasteiger partial charge in [0.15, 0.2) is 5.96 Å². The van der Waals surface area contributed by atoms with Crippen molar-refractivity contribution in [1.29, 1.82) is 0 Å². The standard InChI is InChI=1S/C25H43N5/c1-22(23-12-6-3-7-13-23)30-20-14-24(15-21-30)28-25(26-2)27-16-8-4-9-17-29-18-10-5-11-19-29/h3,6-7,12-13,22,24H,4-5,8-11,14-21H2,1-2H3,(H2,26,27,28). The van der Waals surface area contributed by atoms with Crippen LogP contribution in [0.5, 0.6) is 0 Å². The van der Waals surface area contributed by atoms with Gasteiger partial charge in [0.05, 0.1) is 0 Å². The first-order valence-electron chi connectivity index (χ1n) is 12.2. The predicted molar refractivity (Wildman–Crippen MR) is 128 cm³/mol. The molecule has 1 atom stereocenters. The molecule has 0 aliphatic carbocycles. The summed E-state index contributed by atoms with van der Waals surface area (Å²) in [4.78, 5) is 9.69. The molecule has 1 aromatic rings. The summed E-state index contributed by atoms with van der Waals surface area (Å²) in [6.45, 7) is 9.54. The molecule has 0 amide bonds. The summed E-state index contributed by atoms with van der Waals surface area (Å²) < 4.78 is 0. The van der Waals surface area contributed by atoms with Gasteiger partial charge in [0.25, 0.3) is 0 Å². The van der Waals surface area contributed by atoms with E-state index in [0.29, 0.717) is 12.1 Å². The Hall–Kier alpha value is -1.59. The molecule has 2 heterocycles. The molecule has 168 valence electrons. The topological polar surface area (TPSA) is 42.9 Å². The summed E-state index contributed by atoms with van der Waals surface area (Å²) in [5.74, 6) is 0.973. The zero-order valence-corrected chi connectivity index (χ0v) is 19.3. The Morgan fingerprint density at radius 3 is 2.43 bits per heavy atom. The molecular weight excluding hydrogens is 370 g/mol. The Morgan fingerprint density at radius 2 is 1.73 bits per heavy atom. The minimum Gasteiger partial charge on any atom is -0.356 e. The van der Waals surface area contributed by atoms with Crippen molar-refractivity contribution >= 4 is 5.96 Å². The molecule has 2 saturated heterocycles. The highest BCUT2D eigenvalue weighted by atomic mass is 15.2. The normalized spacial score (nSPS) is 20.8. The molecule has 0 bridgehead atoms. The van der Waals surface area contributed by atoms with E-state index < -0.39 is 0 Å². The van der Waals surface area contributed by atoms with Crippen LogP contribution in [0.1, 0.15) is 69.9 Å². The van der Waals surface area contributed by atoms with Gasteiger partial charge in [-0.1, -0.05) is 43.2 Å². The molecule has 2 N–H and O–H groups in total. The lowest BCUT2D eigenvalue weighted by molar-refractivity contribution is 0.158. The third-order valence-corrected chi connectivity index (χ3v) is 6.82. The van der Waals surface area contributed by atoms with E-state index >= 15 is 0 Å². The van der Waals surface area contributed by atoms with E-state index in [1.54, 1.807) is 0 Å². The largest absolute Gasteiger partial charge is 0.356 e. The van der Waals surface area contributed by atoms with Crippen molar-refractivity contribution in [3.63, 3.8) is 0 Å². The molecule has 5 nitrogen and oxygen atoms in total. The summed E-state index contributed by atoms with van der Waals surface area (Å²) in [5, 5.41) is 7.18. The Morgan fingerprint density at radius 1 is 1.00 bits per heavy atom. The summed E-state index contributed by atoms with van der Waals surface area (Å²) in [7, 11) is 1.89. The van der Waals surface area contributed by atoms with Gasteiger partial charge < -0.3 is 15.5 Å². The average molecular weight is 414 g/mol. The zero-order chi connectivity index (χ0) is 21.0. The molecule has 2 fully saturated rings. The van der Waals surface area contributed by atoms with Crippen molar-refractivity contribution < 1.29 is 0 Å². The number of piperidine rings is 2. The van der Waals surface area contributed by atoms with Crippen LogP contribution in [0.4, 0.5) is 0 Å². The maximum Gasteiger partial charge on any atom is 0.191 e. The van der Waals surface area contributed by atoms with Crippen LogP contribution in [0, 0.1) is 0 Å². The van der Waals surface area contributed by atoms with Crippen molar-refractivity contribution in [2.24, 2.45) is 4.99 Å². The number of hydrogen-bond donors (Lipinski definition) is 2. The number of likely N-dealkylation sites (tertiary alicyclic amines) is 2. The lowest BCUT2D eigenvalue weighted by atomic mass is 10.0. The minimum atomic E-state index is 0.495. The maximum absolute atomic E-state index is 4.45. The molecule has 1 unspecified atom stereocenters. The zero-order valence-electron chi connectivity index (χ0n) is 19.3. The SMILES string of the molecule is CN=C(NCCCCCN1CCCCC1)NC1CCN(C(C)c2ccccc2)CC1. The molecule has 5 heteroatoms. The number of hydrogen-bond acceptors (Lipinski definition) is 3. The summed E-state index contributed by atoms with van der Waals surface area (Å²) in [6.07, 6.45) is 10.4. The number of guanidine groups is 1. The molecule has 0 radical (unpaired) electrons. The average Bonchev–Trinajstić information content (AvgIpc) is 2.81. The Kier molecular flexibility index (Phi) is 9.97. The van der Waals surface area contributed by atoms with Gasteiger partial charge in [-0.15, -0.1) is 0 Å². The molecule has 0 aromatic heterocycles. The Labute approximate surface area is 184 Å². The number of nitrogens with zero attached hydrogens (tertiary/aromatic N) is 3. The lowest BCUT2D eigenvalue weighted by Crippen LogP contribution is -2.49. The first-order valence-corrected chi connectivity index (χ1v) is 12.2. The van der Waals surface area contributed by atoms with Crippen molar-refractivity contribution in [2.75, 3.05) is 46.3 Å². The first-order chi connectivity index (χ1) is 14.8. The second-order valence-electron chi connectivity index (χ2n) is 9.00. The van der Waals surface area contributed by atoms with Gasteiger partial charge in [-0.3, -0.25) is 9.89 Å². The van der Waals surface area contributed by atoms with Gasteiger partial charge in [0.1, 0.15) is 0 Å².